The van der Waals surface area contributed by atoms with Crippen LogP contribution >= 0.6 is 11.3 Å². The number of carbonyl (C=O) groups excluding carboxylic acids is 1. The van der Waals surface area contributed by atoms with E-state index in [-0.39, 0.29) is 15.5 Å². The lowest BCUT2D eigenvalue weighted by atomic mass is 10.2. The monoisotopic (exact) mass is 464 g/mol. The lowest BCUT2D eigenvalue weighted by Gasteiger charge is -2.11. The molecule has 0 saturated carbocycles. The maximum Gasteiger partial charge on any atom is 0.267 e. The Labute approximate surface area is 190 Å². The highest BCUT2D eigenvalue weighted by Gasteiger charge is 2.20. The molecule has 2 N–H and O–H groups in total. The summed E-state index contributed by atoms with van der Waals surface area (Å²) in [4.78, 5) is 13.2. The maximum atomic E-state index is 12.8. The predicted molar refractivity (Wildman–Crippen MR) is 127 cm³/mol. The van der Waals surface area contributed by atoms with E-state index in [0.29, 0.717) is 18.0 Å². The van der Waals surface area contributed by atoms with Crippen LogP contribution < -0.4 is 14.8 Å². The van der Waals surface area contributed by atoms with Crippen molar-refractivity contribution in [2.45, 2.75) is 11.5 Å². The number of hydrogen-bond acceptors (Lipinski definition) is 5. The van der Waals surface area contributed by atoms with Crippen LogP contribution in [-0.4, -0.2) is 14.3 Å². The minimum atomic E-state index is -3.80. The van der Waals surface area contributed by atoms with Gasteiger partial charge in [-0.25, -0.2) is 8.42 Å². The highest BCUT2D eigenvalue weighted by Crippen LogP contribution is 2.27. The Morgan fingerprint density at radius 3 is 2.34 bits per heavy atom. The van der Waals surface area contributed by atoms with Crippen molar-refractivity contribution >= 4 is 38.6 Å². The van der Waals surface area contributed by atoms with Crippen molar-refractivity contribution in [2.24, 2.45) is 0 Å². The second-order valence-electron chi connectivity index (χ2n) is 6.84. The molecule has 0 fully saturated rings. The Kier molecular flexibility index (Phi) is 6.53. The third-order valence-electron chi connectivity index (χ3n) is 4.51. The predicted octanol–water partition coefficient (Wildman–Crippen LogP) is 5.38. The highest BCUT2D eigenvalue weighted by atomic mass is 32.2. The first-order chi connectivity index (χ1) is 15.5. The molecule has 0 radical (unpaired) electrons. The van der Waals surface area contributed by atoms with Crippen molar-refractivity contribution in [1.29, 1.82) is 0 Å². The van der Waals surface area contributed by atoms with Crippen molar-refractivity contribution in [3.05, 3.63) is 107 Å². The molecule has 0 bridgehead atoms. The van der Waals surface area contributed by atoms with Crippen LogP contribution in [0.25, 0.3) is 0 Å². The summed E-state index contributed by atoms with van der Waals surface area (Å²) in [5.74, 6) is 0.203. The van der Waals surface area contributed by atoms with Crippen molar-refractivity contribution in [3.63, 3.8) is 0 Å². The Hall–Kier alpha value is -3.62. The van der Waals surface area contributed by atoms with Crippen LogP contribution in [0.2, 0.25) is 0 Å². The van der Waals surface area contributed by atoms with E-state index in [1.807, 2.05) is 36.4 Å². The number of nitrogens with one attached hydrogen (secondary N) is 2. The molecule has 0 spiro atoms. The van der Waals surface area contributed by atoms with Crippen molar-refractivity contribution in [1.82, 2.24) is 0 Å². The summed E-state index contributed by atoms with van der Waals surface area (Å²) in [5.41, 5.74) is 1.81. The fourth-order valence-corrected chi connectivity index (χ4v) is 4.86. The van der Waals surface area contributed by atoms with Crippen molar-refractivity contribution < 1.29 is 17.9 Å². The first-order valence-electron chi connectivity index (χ1n) is 9.75. The molecular formula is C24H20N2O4S2. The number of ether oxygens (including phenoxy) is 1. The van der Waals surface area contributed by atoms with Gasteiger partial charge in [-0.3, -0.25) is 9.52 Å². The molecule has 0 aliphatic carbocycles. The third kappa shape index (κ3) is 5.35. The summed E-state index contributed by atoms with van der Waals surface area (Å²) in [6.45, 7) is 0.411. The number of rotatable bonds is 8. The zero-order valence-electron chi connectivity index (χ0n) is 16.9. The molecule has 0 atom stereocenters. The van der Waals surface area contributed by atoms with E-state index >= 15 is 0 Å². The summed E-state index contributed by atoms with van der Waals surface area (Å²) < 4.78 is 33.5. The lowest BCUT2D eigenvalue weighted by molar-refractivity contribution is 0.103. The molecule has 8 heteroatoms. The number of carbonyl (C=O) groups is 1. The molecule has 6 nitrogen and oxygen atoms in total. The van der Waals surface area contributed by atoms with Crippen LogP contribution in [-0.2, 0) is 16.6 Å². The first kappa shape index (κ1) is 21.6. The van der Waals surface area contributed by atoms with Gasteiger partial charge in [-0.2, -0.15) is 0 Å². The van der Waals surface area contributed by atoms with E-state index < -0.39 is 15.9 Å². The van der Waals surface area contributed by atoms with E-state index in [2.05, 4.69) is 10.0 Å². The molecule has 0 unspecified atom stereocenters. The second-order valence-corrected chi connectivity index (χ2v) is 9.44. The topological polar surface area (TPSA) is 84.5 Å². The van der Waals surface area contributed by atoms with Crippen LogP contribution in [0.15, 0.2) is 101 Å². The minimum absolute atomic E-state index is 0.126. The summed E-state index contributed by atoms with van der Waals surface area (Å²) in [6.07, 6.45) is 0. The average Bonchev–Trinajstić information content (AvgIpc) is 3.27. The quantitative estimate of drug-likeness (QED) is 0.367. The largest absolute Gasteiger partial charge is 0.489 e. The van der Waals surface area contributed by atoms with Gasteiger partial charge in [0.1, 0.15) is 17.2 Å². The molecule has 4 aromatic rings. The summed E-state index contributed by atoms with van der Waals surface area (Å²) in [6, 6.07) is 26.4. The number of amides is 1. The fraction of sp³-hybridized carbons (Fsp3) is 0.0417. The number of benzene rings is 3. The van der Waals surface area contributed by atoms with Crippen LogP contribution in [0.3, 0.4) is 0 Å². The molecule has 0 aliphatic rings. The number of anilines is 2. The SMILES string of the molecule is O=C(Nc1cccc(OCc2ccccc2)c1)c1sccc1NS(=O)(=O)c1ccccc1. The van der Waals surface area contributed by atoms with Crippen LogP contribution in [0.1, 0.15) is 15.2 Å². The fourth-order valence-electron chi connectivity index (χ4n) is 2.96. The zero-order valence-corrected chi connectivity index (χ0v) is 18.5. The Bertz CT molecular complexity index is 1300. The smallest absolute Gasteiger partial charge is 0.267 e. The molecule has 1 heterocycles. The van der Waals surface area contributed by atoms with Gasteiger partial charge in [0.05, 0.1) is 10.6 Å². The van der Waals surface area contributed by atoms with Gasteiger partial charge in [0.25, 0.3) is 15.9 Å². The highest BCUT2D eigenvalue weighted by molar-refractivity contribution is 7.92. The van der Waals surface area contributed by atoms with Gasteiger partial charge in [0.15, 0.2) is 0 Å². The average molecular weight is 465 g/mol. The standard InChI is InChI=1S/C24H20N2O4S2/c27-24(23-22(14-15-31-23)26-32(28,29)21-12-5-2-6-13-21)25-19-10-7-11-20(16-19)30-17-18-8-3-1-4-9-18/h1-16,26H,17H2,(H,25,27). The van der Waals surface area contributed by atoms with Crippen LogP contribution in [0, 0.1) is 0 Å². The molecule has 1 amide bonds. The number of thiophene rings is 1. The summed E-state index contributed by atoms with van der Waals surface area (Å²) in [5, 5.41) is 4.47. The summed E-state index contributed by atoms with van der Waals surface area (Å²) >= 11 is 1.15. The summed E-state index contributed by atoms with van der Waals surface area (Å²) in [7, 11) is -3.80. The van der Waals surface area contributed by atoms with Crippen LogP contribution in [0.4, 0.5) is 11.4 Å². The first-order valence-corrected chi connectivity index (χ1v) is 12.1. The third-order valence-corrected chi connectivity index (χ3v) is 6.80. The zero-order chi connectivity index (χ0) is 22.4. The normalized spacial score (nSPS) is 11.0. The molecule has 4 rings (SSSR count). The lowest BCUT2D eigenvalue weighted by Crippen LogP contribution is -2.17. The van der Waals surface area contributed by atoms with Gasteiger partial charge in [0, 0.05) is 11.8 Å². The molecule has 0 aliphatic heterocycles. The molecule has 32 heavy (non-hydrogen) atoms. The minimum Gasteiger partial charge on any atom is -0.489 e. The van der Waals surface area contributed by atoms with E-state index in [9.17, 15) is 13.2 Å². The van der Waals surface area contributed by atoms with Crippen molar-refractivity contribution in [2.75, 3.05) is 10.0 Å². The van der Waals surface area contributed by atoms with Gasteiger partial charge in [0.2, 0.25) is 0 Å². The molecule has 1 aromatic heterocycles. The van der Waals surface area contributed by atoms with Gasteiger partial charge >= 0.3 is 0 Å². The molecule has 3 aromatic carbocycles. The Balaban J connectivity index is 1.45. The molecule has 0 saturated heterocycles. The van der Waals surface area contributed by atoms with Gasteiger partial charge in [-0.05, 0) is 41.3 Å². The molecular weight excluding hydrogens is 444 g/mol. The van der Waals surface area contributed by atoms with E-state index in [1.54, 1.807) is 47.8 Å². The van der Waals surface area contributed by atoms with Gasteiger partial charge in [-0.1, -0.05) is 54.6 Å². The van der Waals surface area contributed by atoms with Gasteiger partial charge < -0.3 is 10.1 Å². The number of sulfonamides is 1. The second kappa shape index (κ2) is 9.67. The van der Waals surface area contributed by atoms with Crippen LogP contribution in [0.5, 0.6) is 5.75 Å². The van der Waals surface area contributed by atoms with E-state index in [4.69, 9.17) is 4.74 Å². The molecule has 162 valence electrons. The maximum absolute atomic E-state index is 12.8. The van der Waals surface area contributed by atoms with Crippen molar-refractivity contribution in [3.8, 4) is 5.75 Å². The van der Waals surface area contributed by atoms with E-state index in [1.165, 1.54) is 12.1 Å². The Morgan fingerprint density at radius 1 is 0.875 bits per heavy atom. The number of hydrogen-bond donors (Lipinski definition) is 2. The van der Waals surface area contributed by atoms with Gasteiger partial charge in [-0.15, -0.1) is 11.3 Å². The van der Waals surface area contributed by atoms with E-state index in [0.717, 1.165) is 16.9 Å². The Morgan fingerprint density at radius 2 is 1.59 bits per heavy atom.